The van der Waals surface area contributed by atoms with Crippen LogP contribution < -0.4 is 15.8 Å². The molecule has 1 saturated heterocycles. The number of nitrogen functional groups attached to an aromatic ring is 1. The van der Waals surface area contributed by atoms with Gasteiger partial charge in [-0.1, -0.05) is 6.42 Å². The minimum Gasteiger partial charge on any atom is -0.476 e. The third kappa shape index (κ3) is 3.41. The van der Waals surface area contributed by atoms with E-state index in [2.05, 4.69) is 15.3 Å². The molecule has 0 radical (unpaired) electrons. The Kier molecular flexibility index (Phi) is 4.92. The summed E-state index contributed by atoms with van der Waals surface area (Å²) in [4.78, 5) is 8.19. The number of anilines is 2. The molecule has 6 heteroatoms. The highest BCUT2D eigenvalue weighted by Gasteiger charge is 2.15. The van der Waals surface area contributed by atoms with Gasteiger partial charge in [-0.25, -0.2) is 4.98 Å². The molecule has 1 unspecified atom stereocenters. The molecule has 5 nitrogen and oxygen atoms in total. The van der Waals surface area contributed by atoms with Gasteiger partial charge in [-0.2, -0.15) is 16.7 Å². The first-order valence-electron chi connectivity index (χ1n) is 6.40. The van der Waals surface area contributed by atoms with Crippen LogP contribution in [-0.4, -0.2) is 34.1 Å². The van der Waals surface area contributed by atoms with Crippen LogP contribution in [-0.2, 0) is 0 Å². The Balaban J connectivity index is 1.93. The number of hydrogen-bond acceptors (Lipinski definition) is 6. The zero-order valence-electron chi connectivity index (χ0n) is 10.7. The maximum Gasteiger partial charge on any atom is 0.242 e. The number of thioether (sulfide) groups is 1. The summed E-state index contributed by atoms with van der Waals surface area (Å²) >= 11 is 2.02. The van der Waals surface area contributed by atoms with Crippen LogP contribution in [0.15, 0.2) is 6.33 Å². The summed E-state index contributed by atoms with van der Waals surface area (Å²) < 4.78 is 5.35. The minimum atomic E-state index is 0.464. The van der Waals surface area contributed by atoms with E-state index in [0.717, 1.165) is 6.54 Å². The number of nitrogens with two attached hydrogens (primary N) is 1. The van der Waals surface area contributed by atoms with Gasteiger partial charge < -0.3 is 15.8 Å². The molecule has 2 rings (SSSR count). The summed E-state index contributed by atoms with van der Waals surface area (Å²) in [5.74, 6) is 2.40. The minimum absolute atomic E-state index is 0.464. The van der Waals surface area contributed by atoms with E-state index in [9.17, 15) is 0 Å². The fourth-order valence-corrected chi connectivity index (χ4v) is 3.19. The Morgan fingerprint density at radius 3 is 3.11 bits per heavy atom. The Labute approximate surface area is 112 Å². The summed E-state index contributed by atoms with van der Waals surface area (Å²) in [5.41, 5.74) is 6.47. The smallest absolute Gasteiger partial charge is 0.242 e. The molecule has 1 aromatic heterocycles. The fraction of sp³-hybridized carbons (Fsp3) is 0.667. The normalized spacial score (nSPS) is 19.5. The van der Waals surface area contributed by atoms with Crippen molar-refractivity contribution in [3.63, 3.8) is 0 Å². The SMILES string of the molecule is CCOc1ncnc(NCC2CCCCS2)c1N. The highest BCUT2D eigenvalue weighted by molar-refractivity contribution is 7.99. The average molecular weight is 268 g/mol. The maximum absolute atomic E-state index is 5.97. The first-order valence-corrected chi connectivity index (χ1v) is 7.45. The molecule has 1 aliphatic heterocycles. The van der Waals surface area contributed by atoms with Gasteiger partial charge in [-0.3, -0.25) is 0 Å². The number of hydrogen-bond donors (Lipinski definition) is 2. The molecule has 0 spiro atoms. The molecule has 0 amide bonds. The Bertz CT molecular complexity index is 382. The van der Waals surface area contributed by atoms with E-state index in [1.165, 1.54) is 31.3 Å². The van der Waals surface area contributed by atoms with E-state index < -0.39 is 0 Å². The van der Waals surface area contributed by atoms with Crippen molar-refractivity contribution in [3.05, 3.63) is 6.33 Å². The number of ether oxygens (including phenoxy) is 1. The molecule has 0 aromatic carbocycles. The van der Waals surface area contributed by atoms with Gasteiger partial charge in [0.1, 0.15) is 12.0 Å². The average Bonchev–Trinajstić information content (AvgIpc) is 2.41. The third-order valence-corrected chi connectivity index (χ3v) is 4.30. The molecule has 100 valence electrons. The Morgan fingerprint density at radius 2 is 2.39 bits per heavy atom. The summed E-state index contributed by atoms with van der Waals surface area (Å²) in [7, 11) is 0. The van der Waals surface area contributed by atoms with E-state index in [1.807, 2.05) is 18.7 Å². The molecule has 1 aromatic rings. The van der Waals surface area contributed by atoms with Crippen molar-refractivity contribution in [2.24, 2.45) is 0 Å². The van der Waals surface area contributed by atoms with Crippen molar-refractivity contribution in [1.29, 1.82) is 0 Å². The van der Waals surface area contributed by atoms with Gasteiger partial charge in [0.2, 0.25) is 5.88 Å². The Hall–Kier alpha value is -1.17. The summed E-state index contributed by atoms with van der Waals surface area (Å²) in [6, 6.07) is 0. The van der Waals surface area contributed by atoms with Crippen molar-refractivity contribution in [1.82, 2.24) is 9.97 Å². The van der Waals surface area contributed by atoms with E-state index in [1.54, 1.807) is 0 Å². The molecule has 18 heavy (non-hydrogen) atoms. The predicted octanol–water partition coefficient (Wildman–Crippen LogP) is 2.16. The molecular formula is C12H20N4OS. The second kappa shape index (κ2) is 6.68. The number of rotatable bonds is 5. The molecule has 1 atom stereocenters. The lowest BCUT2D eigenvalue weighted by atomic mass is 10.2. The number of nitrogens with zero attached hydrogens (tertiary/aromatic N) is 2. The van der Waals surface area contributed by atoms with Crippen molar-refractivity contribution in [3.8, 4) is 5.88 Å². The molecule has 1 fully saturated rings. The monoisotopic (exact) mass is 268 g/mol. The molecule has 0 aliphatic carbocycles. The van der Waals surface area contributed by atoms with Crippen LogP contribution in [0.5, 0.6) is 5.88 Å². The van der Waals surface area contributed by atoms with Crippen molar-refractivity contribution < 1.29 is 4.74 Å². The first kappa shape index (κ1) is 13.3. The largest absolute Gasteiger partial charge is 0.476 e. The van der Waals surface area contributed by atoms with E-state index in [-0.39, 0.29) is 0 Å². The van der Waals surface area contributed by atoms with Crippen LogP contribution in [0.25, 0.3) is 0 Å². The first-order chi connectivity index (χ1) is 8.81. The molecule has 0 saturated carbocycles. The molecule has 1 aliphatic rings. The van der Waals surface area contributed by atoms with Crippen LogP contribution in [0.1, 0.15) is 26.2 Å². The van der Waals surface area contributed by atoms with Crippen LogP contribution in [0.2, 0.25) is 0 Å². The maximum atomic E-state index is 5.97. The lowest BCUT2D eigenvalue weighted by molar-refractivity contribution is 0.328. The third-order valence-electron chi connectivity index (χ3n) is 2.90. The number of aromatic nitrogens is 2. The van der Waals surface area contributed by atoms with Crippen LogP contribution in [0.4, 0.5) is 11.5 Å². The molecule has 0 bridgehead atoms. The molecular weight excluding hydrogens is 248 g/mol. The summed E-state index contributed by atoms with van der Waals surface area (Å²) in [6.45, 7) is 3.36. The zero-order chi connectivity index (χ0) is 12.8. The molecule has 2 heterocycles. The van der Waals surface area contributed by atoms with Gasteiger partial charge in [-0.05, 0) is 25.5 Å². The van der Waals surface area contributed by atoms with Crippen molar-refractivity contribution in [2.75, 3.05) is 30.0 Å². The van der Waals surface area contributed by atoms with Gasteiger partial charge in [0.05, 0.1) is 6.61 Å². The molecule has 3 N–H and O–H groups in total. The van der Waals surface area contributed by atoms with E-state index in [4.69, 9.17) is 10.5 Å². The summed E-state index contributed by atoms with van der Waals surface area (Å²) in [6.07, 6.45) is 5.41. The zero-order valence-corrected chi connectivity index (χ0v) is 11.5. The van der Waals surface area contributed by atoms with Crippen LogP contribution in [0.3, 0.4) is 0 Å². The van der Waals surface area contributed by atoms with Crippen LogP contribution >= 0.6 is 11.8 Å². The van der Waals surface area contributed by atoms with Gasteiger partial charge in [0, 0.05) is 11.8 Å². The van der Waals surface area contributed by atoms with Crippen molar-refractivity contribution in [2.45, 2.75) is 31.4 Å². The van der Waals surface area contributed by atoms with Gasteiger partial charge in [-0.15, -0.1) is 0 Å². The van der Waals surface area contributed by atoms with Gasteiger partial charge in [0.15, 0.2) is 5.82 Å². The standard InChI is InChI=1S/C12H20N4OS/c1-2-17-12-10(13)11(15-8-16-12)14-7-9-5-3-4-6-18-9/h8-9H,2-7,13H2,1H3,(H,14,15,16). The predicted molar refractivity (Wildman–Crippen MR) is 76.2 cm³/mol. The Morgan fingerprint density at radius 1 is 1.50 bits per heavy atom. The lowest BCUT2D eigenvalue weighted by Crippen LogP contribution is -2.21. The highest BCUT2D eigenvalue weighted by atomic mass is 32.2. The summed E-state index contributed by atoms with van der Waals surface area (Å²) in [5, 5.41) is 3.96. The van der Waals surface area contributed by atoms with E-state index in [0.29, 0.717) is 29.2 Å². The van der Waals surface area contributed by atoms with Crippen molar-refractivity contribution >= 4 is 23.3 Å². The van der Waals surface area contributed by atoms with Gasteiger partial charge in [0.25, 0.3) is 0 Å². The number of nitrogens with one attached hydrogen (secondary N) is 1. The second-order valence-electron chi connectivity index (χ2n) is 4.24. The second-order valence-corrected chi connectivity index (χ2v) is 5.65. The van der Waals surface area contributed by atoms with Gasteiger partial charge >= 0.3 is 0 Å². The quantitative estimate of drug-likeness (QED) is 0.852. The highest BCUT2D eigenvalue weighted by Crippen LogP contribution is 2.28. The fourth-order valence-electron chi connectivity index (χ4n) is 1.95. The van der Waals surface area contributed by atoms with Crippen LogP contribution in [0, 0.1) is 0 Å². The lowest BCUT2D eigenvalue weighted by Gasteiger charge is -2.22. The topological polar surface area (TPSA) is 73.1 Å². The van der Waals surface area contributed by atoms with E-state index >= 15 is 0 Å².